The molecule has 1 saturated heterocycles. The molecule has 0 aliphatic carbocycles. The Balaban J connectivity index is 1.60. The maximum atomic E-state index is 12.5. The first kappa shape index (κ1) is 15.7. The molecule has 3 heterocycles. The van der Waals surface area contributed by atoms with Gasteiger partial charge in [0.15, 0.2) is 10.8 Å². The largest absolute Gasteiger partial charge is 0.466 e. The Morgan fingerprint density at radius 2 is 2.22 bits per heavy atom. The van der Waals surface area contributed by atoms with Crippen molar-refractivity contribution in [3.05, 3.63) is 29.5 Å². The van der Waals surface area contributed by atoms with Gasteiger partial charge in [-0.05, 0) is 31.9 Å². The summed E-state index contributed by atoms with van der Waals surface area (Å²) in [6.07, 6.45) is 2.86. The Morgan fingerprint density at radius 1 is 1.43 bits per heavy atom. The number of thiazole rings is 1. The number of amides is 1. The fourth-order valence-corrected chi connectivity index (χ4v) is 3.39. The first-order valence-electron chi connectivity index (χ1n) is 7.64. The molecule has 0 bridgehead atoms. The van der Waals surface area contributed by atoms with Crippen molar-refractivity contribution >= 4 is 23.2 Å². The van der Waals surface area contributed by atoms with Crippen LogP contribution in [0.15, 0.2) is 28.2 Å². The molecule has 0 saturated carbocycles. The number of hydrogen-bond acceptors (Lipinski definition) is 6. The molecule has 0 spiro atoms. The van der Waals surface area contributed by atoms with Crippen molar-refractivity contribution in [1.82, 2.24) is 9.88 Å². The Bertz CT molecular complexity index is 672. The van der Waals surface area contributed by atoms with Crippen LogP contribution in [0.4, 0.5) is 0 Å². The van der Waals surface area contributed by atoms with Crippen LogP contribution in [-0.2, 0) is 9.53 Å². The first-order valence-corrected chi connectivity index (χ1v) is 8.52. The summed E-state index contributed by atoms with van der Waals surface area (Å²) in [5.74, 6) is 0.304. The van der Waals surface area contributed by atoms with Gasteiger partial charge in [-0.25, -0.2) is 4.98 Å². The second kappa shape index (κ2) is 6.95. The number of furan rings is 1. The summed E-state index contributed by atoms with van der Waals surface area (Å²) in [7, 11) is 0. The quantitative estimate of drug-likeness (QED) is 0.804. The third-order valence-corrected chi connectivity index (χ3v) is 4.71. The Morgan fingerprint density at radius 3 is 2.87 bits per heavy atom. The predicted molar refractivity (Wildman–Crippen MR) is 85.1 cm³/mol. The molecule has 0 N–H and O–H groups in total. The molecule has 2 aromatic heterocycles. The third kappa shape index (κ3) is 3.44. The van der Waals surface area contributed by atoms with E-state index in [1.54, 1.807) is 29.5 Å². The van der Waals surface area contributed by atoms with Crippen molar-refractivity contribution < 1.29 is 18.7 Å². The van der Waals surface area contributed by atoms with E-state index in [1.165, 1.54) is 11.3 Å². The van der Waals surface area contributed by atoms with E-state index in [0.717, 1.165) is 0 Å². The number of piperidine rings is 1. The second-order valence-electron chi connectivity index (χ2n) is 5.33. The van der Waals surface area contributed by atoms with Gasteiger partial charge in [0.25, 0.3) is 5.91 Å². The zero-order valence-corrected chi connectivity index (χ0v) is 13.7. The average molecular weight is 334 g/mol. The molecule has 7 heteroatoms. The summed E-state index contributed by atoms with van der Waals surface area (Å²) in [5, 5.41) is 2.44. The zero-order chi connectivity index (χ0) is 16.2. The molecule has 6 nitrogen and oxygen atoms in total. The monoisotopic (exact) mass is 334 g/mol. The number of esters is 1. The van der Waals surface area contributed by atoms with Crippen molar-refractivity contribution in [2.24, 2.45) is 5.92 Å². The predicted octanol–water partition coefficient (Wildman–Crippen LogP) is 2.82. The van der Waals surface area contributed by atoms with E-state index in [1.807, 2.05) is 6.07 Å². The van der Waals surface area contributed by atoms with Gasteiger partial charge in [-0.1, -0.05) is 0 Å². The Kier molecular flexibility index (Phi) is 4.76. The van der Waals surface area contributed by atoms with Crippen molar-refractivity contribution in [3.8, 4) is 10.8 Å². The topological polar surface area (TPSA) is 72.6 Å². The zero-order valence-electron chi connectivity index (χ0n) is 12.9. The minimum absolute atomic E-state index is 0.0960. The standard InChI is InChI=1S/C16H18N2O4S/c1-2-21-16(20)11-5-7-18(8-6-11)15(19)12-10-23-14(17-12)13-4-3-9-22-13/h3-4,9-11H,2,5-8H2,1H3. The fourth-order valence-electron chi connectivity index (χ4n) is 2.63. The van der Waals surface area contributed by atoms with Crippen LogP contribution in [0.25, 0.3) is 10.8 Å². The normalized spacial score (nSPS) is 15.6. The van der Waals surface area contributed by atoms with Gasteiger partial charge in [0.05, 0.1) is 18.8 Å². The highest BCUT2D eigenvalue weighted by atomic mass is 32.1. The summed E-state index contributed by atoms with van der Waals surface area (Å²) in [6, 6.07) is 3.61. The average Bonchev–Trinajstić information content (AvgIpc) is 3.25. The number of carbonyl (C=O) groups is 2. The summed E-state index contributed by atoms with van der Waals surface area (Å²) >= 11 is 1.39. The summed E-state index contributed by atoms with van der Waals surface area (Å²) in [5.41, 5.74) is 0.427. The Labute approximate surface area is 138 Å². The van der Waals surface area contributed by atoms with Gasteiger partial charge in [0, 0.05) is 18.5 Å². The van der Waals surface area contributed by atoms with E-state index in [9.17, 15) is 9.59 Å². The third-order valence-electron chi connectivity index (χ3n) is 3.86. The molecule has 0 aromatic carbocycles. The first-order chi connectivity index (χ1) is 11.2. The van der Waals surface area contributed by atoms with E-state index in [2.05, 4.69) is 4.98 Å². The lowest BCUT2D eigenvalue weighted by Gasteiger charge is -2.30. The maximum absolute atomic E-state index is 12.5. The van der Waals surface area contributed by atoms with Gasteiger partial charge in [0.2, 0.25) is 0 Å². The minimum atomic E-state index is -0.159. The maximum Gasteiger partial charge on any atom is 0.309 e. The number of likely N-dealkylation sites (tertiary alicyclic amines) is 1. The van der Waals surface area contributed by atoms with Gasteiger partial charge in [-0.2, -0.15) is 0 Å². The van der Waals surface area contributed by atoms with E-state index < -0.39 is 0 Å². The van der Waals surface area contributed by atoms with E-state index >= 15 is 0 Å². The molecule has 23 heavy (non-hydrogen) atoms. The molecule has 1 fully saturated rings. The fraction of sp³-hybridized carbons (Fsp3) is 0.438. The van der Waals surface area contributed by atoms with E-state index in [4.69, 9.17) is 9.15 Å². The molecular weight excluding hydrogens is 316 g/mol. The number of hydrogen-bond donors (Lipinski definition) is 0. The highest BCUT2D eigenvalue weighted by Gasteiger charge is 2.29. The van der Waals surface area contributed by atoms with Crippen molar-refractivity contribution in [1.29, 1.82) is 0 Å². The van der Waals surface area contributed by atoms with Crippen LogP contribution in [0, 0.1) is 5.92 Å². The molecule has 2 aromatic rings. The van der Waals surface area contributed by atoms with Crippen molar-refractivity contribution in [3.63, 3.8) is 0 Å². The second-order valence-corrected chi connectivity index (χ2v) is 6.19. The lowest BCUT2D eigenvalue weighted by molar-refractivity contribution is -0.149. The molecule has 0 unspecified atom stereocenters. The highest BCUT2D eigenvalue weighted by molar-refractivity contribution is 7.13. The van der Waals surface area contributed by atoms with Crippen molar-refractivity contribution in [2.75, 3.05) is 19.7 Å². The van der Waals surface area contributed by atoms with Gasteiger partial charge in [0.1, 0.15) is 5.69 Å². The molecule has 1 aliphatic heterocycles. The number of carbonyl (C=O) groups excluding carboxylic acids is 2. The highest BCUT2D eigenvalue weighted by Crippen LogP contribution is 2.26. The molecule has 0 radical (unpaired) electrons. The van der Waals surface area contributed by atoms with Crippen LogP contribution >= 0.6 is 11.3 Å². The summed E-state index contributed by atoms with van der Waals surface area (Å²) in [6.45, 7) is 3.30. The summed E-state index contributed by atoms with van der Waals surface area (Å²) in [4.78, 5) is 30.3. The molecule has 0 atom stereocenters. The van der Waals surface area contributed by atoms with Gasteiger partial charge in [-0.3, -0.25) is 9.59 Å². The number of ether oxygens (including phenoxy) is 1. The van der Waals surface area contributed by atoms with Gasteiger partial charge < -0.3 is 14.1 Å². The van der Waals surface area contributed by atoms with Crippen LogP contribution in [0.3, 0.4) is 0 Å². The summed E-state index contributed by atoms with van der Waals surface area (Å²) < 4.78 is 10.3. The van der Waals surface area contributed by atoms with Crippen LogP contribution in [0.1, 0.15) is 30.3 Å². The SMILES string of the molecule is CCOC(=O)C1CCN(C(=O)c2csc(-c3ccco3)n2)CC1. The molecule has 1 aliphatic rings. The van der Waals surface area contributed by atoms with Crippen LogP contribution in [0.2, 0.25) is 0 Å². The van der Waals surface area contributed by atoms with E-state index in [-0.39, 0.29) is 17.8 Å². The van der Waals surface area contributed by atoms with E-state index in [0.29, 0.717) is 49.0 Å². The molecule has 1 amide bonds. The lowest BCUT2D eigenvalue weighted by Crippen LogP contribution is -2.40. The smallest absolute Gasteiger partial charge is 0.309 e. The lowest BCUT2D eigenvalue weighted by atomic mass is 9.97. The van der Waals surface area contributed by atoms with Crippen LogP contribution in [0.5, 0.6) is 0 Å². The van der Waals surface area contributed by atoms with Crippen molar-refractivity contribution in [2.45, 2.75) is 19.8 Å². The molecular formula is C16H18N2O4S. The van der Waals surface area contributed by atoms with Gasteiger partial charge >= 0.3 is 5.97 Å². The minimum Gasteiger partial charge on any atom is -0.466 e. The van der Waals surface area contributed by atoms with Gasteiger partial charge in [-0.15, -0.1) is 11.3 Å². The molecule has 122 valence electrons. The number of aromatic nitrogens is 1. The number of nitrogens with zero attached hydrogens (tertiary/aromatic N) is 2. The number of rotatable bonds is 4. The van der Waals surface area contributed by atoms with Crippen LogP contribution < -0.4 is 0 Å². The Hall–Kier alpha value is -2.15. The molecule has 3 rings (SSSR count). The van der Waals surface area contributed by atoms with Crippen LogP contribution in [-0.4, -0.2) is 41.5 Å².